The van der Waals surface area contributed by atoms with E-state index in [1.165, 1.54) is 5.56 Å². The Morgan fingerprint density at radius 1 is 1.25 bits per heavy atom. The summed E-state index contributed by atoms with van der Waals surface area (Å²) in [4.78, 5) is 11.8. The molecule has 0 bridgehead atoms. The van der Waals surface area contributed by atoms with Gasteiger partial charge in [0.2, 0.25) is 0 Å². The molecule has 0 heterocycles. The number of hydrogen-bond donors (Lipinski definition) is 0. The third-order valence-corrected chi connectivity index (χ3v) is 3.38. The summed E-state index contributed by atoms with van der Waals surface area (Å²) in [5.74, 6) is 0.487. The zero-order chi connectivity index (χ0) is 14.6. The smallest absolute Gasteiger partial charge is 0.309 e. The number of hydrogen-bond acceptors (Lipinski definition) is 3. The van der Waals surface area contributed by atoms with Gasteiger partial charge in [-0.15, -0.1) is 0 Å². The second-order valence-corrected chi connectivity index (χ2v) is 6.46. The Bertz CT molecular complexity index is 433. The van der Waals surface area contributed by atoms with Crippen molar-refractivity contribution in [2.45, 2.75) is 45.8 Å². The minimum atomic E-state index is -0.381. The highest BCUT2D eigenvalue weighted by Crippen LogP contribution is 2.42. The predicted molar refractivity (Wildman–Crippen MR) is 78.2 cm³/mol. The molecule has 0 spiro atoms. The molecule has 1 aromatic rings. The topological polar surface area (TPSA) is 35.5 Å². The SMILES string of the molecule is CC(C)(C)OC(=O)[C@@H]1C[C@H]1CCOCc1ccccc1. The molecule has 0 N–H and O–H groups in total. The molecule has 1 fully saturated rings. The summed E-state index contributed by atoms with van der Waals surface area (Å²) in [5, 5.41) is 0. The average Bonchev–Trinajstić information content (AvgIpc) is 3.13. The second-order valence-electron chi connectivity index (χ2n) is 6.46. The van der Waals surface area contributed by atoms with E-state index in [2.05, 4.69) is 12.1 Å². The first-order chi connectivity index (χ1) is 9.46. The lowest BCUT2D eigenvalue weighted by molar-refractivity contribution is -0.156. The van der Waals surface area contributed by atoms with Gasteiger partial charge in [-0.25, -0.2) is 0 Å². The first-order valence-electron chi connectivity index (χ1n) is 7.30. The maximum absolute atomic E-state index is 11.8. The van der Waals surface area contributed by atoms with E-state index in [-0.39, 0.29) is 17.5 Å². The van der Waals surface area contributed by atoms with Gasteiger partial charge in [0.1, 0.15) is 5.60 Å². The van der Waals surface area contributed by atoms with Gasteiger partial charge in [0.15, 0.2) is 0 Å². The van der Waals surface area contributed by atoms with Crippen LogP contribution in [-0.2, 0) is 20.9 Å². The van der Waals surface area contributed by atoms with Gasteiger partial charge < -0.3 is 9.47 Å². The number of ether oxygens (including phenoxy) is 2. The maximum atomic E-state index is 11.8. The van der Waals surface area contributed by atoms with Crippen LogP contribution in [0.25, 0.3) is 0 Å². The van der Waals surface area contributed by atoms with Gasteiger partial charge in [-0.3, -0.25) is 4.79 Å². The van der Waals surface area contributed by atoms with E-state index in [4.69, 9.17) is 9.47 Å². The third-order valence-electron chi connectivity index (χ3n) is 3.38. The van der Waals surface area contributed by atoms with Crippen molar-refractivity contribution in [3.63, 3.8) is 0 Å². The Kier molecular flexibility index (Phi) is 4.81. The van der Waals surface area contributed by atoms with Crippen LogP contribution in [0.5, 0.6) is 0 Å². The standard InChI is InChI=1S/C17H24O3/c1-17(2,3)20-16(18)15-11-14(15)9-10-19-12-13-7-5-4-6-8-13/h4-8,14-15H,9-12H2,1-3H3/t14-,15-/m1/s1. The number of esters is 1. The normalized spacial score (nSPS) is 21.6. The zero-order valence-electron chi connectivity index (χ0n) is 12.6. The van der Waals surface area contributed by atoms with Crippen LogP contribution in [0.4, 0.5) is 0 Å². The van der Waals surface area contributed by atoms with E-state index in [9.17, 15) is 4.79 Å². The van der Waals surface area contributed by atoms with Crippen molar-refractivity contribution in [1.82, 2.24) is 0 Å². The van der Waals surface area contributed by atoms with Crippen molar-refractivity contribution in [2.24, 2.45) is 11.8 Å². The predicted octanol–water partition coefficient (Wildman–Crippen LogP) is 3.57. The molecule has 110 valence electrons. The Labute approximate surface area is 121 Å². The number of carbonyl (C=O) groups excluding carboxylic acids is 1. The van der Waals surface area contributed by atoms with Gasteiger partial charge >= 0.3 is 5.97 Å². The van der Waals surface area contributed by atoms with Crippen LogP contribution in [0, 0.1) is 11.8 Å². The van der Waals surface area contributed by atoms with Gasteiger partial charge in [-0.2, -0.15) is 0 Å². The molecule has 0 radical (unpaired) electrons. The molecule has 1 saturated carbocycles. The first kappa shape index (κ1) is 15.0. The van der Waals surface area contributed by atoms with Gasteiger partial charge in [-0.1, -0.05) is 30.3 Å². The van der Waals surface area contributed by atoms with Crippen LogP contribution < -0.4 is 0 Å². The summed E-state index contributed by atoms with van der Waals surface area (Å²) in [6.07, 6.45) is 1.89. The first-order valence-corrected chi connectivity index (χ1v) is 7.30. The second kappa shape index (κ2) is 6.40. The Hall–Kier alpha value is -1.35. The Morgan fingerprint density at radius 2 is 1.95 bits per heavy atom. The molecule has 1 aliphatic carbocycles. The molecular weight excluding hydrogens is 252 g/mol. The molecule has 1 aromatic carbocycles. The molecule has 3 heteroatoms. The quantitative estimate of drug-likeness (QED) is 0.588. The van der Waals surface area contributed by atoms with E-state index in [1.54, 1.807) is 0 Å². The van der Waals surface area contributed by atoms with Gasteiger partial charge in [0.05, 0.1) is 12.5 Å². The highest BCUT2D eigenvalue weighted by Gasteiger charge is 2.44. The number of carbonyl (C=O) groups is 1. The molecule has 0 unspecified atom stereocenters. The molecule has 2 atom stereocenters. The van der Waals surface area contributed by atoms with Crippen LogP contribution in [0.3, 0.4) is 0 Å². The fourth-order valence-corrected chi connectivity index (χ4v) is 2.23. The van der Waals surface area contributed by atoms with Crippen molar-refractivity contribution in [2.75, 3.05) is 6.61 Å². The van der Waals surface area contributed by atoms with E-state index in [1.807, 2.05) is 39.0 Å². The van der Waals surface area contributed by atoms with Crippen LogP contribution >= 0.6 is 0 Å². The summed E-state index contributed by atoms with van der Waals surface area (Å²) in [7, 11) is 0. The van der Waals surface area contributed by atoms with E-state index in [0.29, 0.717) is 19.1 Å². The maximum Gasteiger partial charge on any atom is 0.309 e. The molecular formula is C17H24O3. The molecule has 0 aliphatic heterocycles. The van der Waals surface area contributed by atoms with E-state index >= 15 is 0 Å². The van der Waals surface area contributed by atoms with Crippen molar-refractivity contribution < 1.29 is 14.3 Å². The zero-order valence-corrected chi connectivity index (χ0v) is 12.6. The highest BCUT2D eigenvalue weighted by molar-refractivity contribution is 5.76. The lowest BCUT2D eigenvalue weighted by atomic mass is 10.2. The summed E-state index contributed by atoms with van der Waals surface area (Å²) in [5.41, 5.74) is 0.806. The molecule has 2 rings (SSSR count). The molecule has 1 aliphatic rings. The molecule has 0 aromatic heterocycles. The summed E-state index contributed by atoms with van der Waals surface area (Å²) >= 11 is 0. The van der Waals surface area contributed by atoms with E-state index < -0.39 is 0 Å². The van der Waals surface area contributed by atoms with Gasteiger partial charge in [0, 0.05) is 6.61 Å². The minimum Gasteiger partial charge on any atom is -0.460 e. The fourth-order valence-electron chi connectivity index (χ4n) is 2.23. The fraction of sp³-hybridized carbons (Fsp3) is 0.588. The monoisotopic (exact) mass is 276 g/mol. The van der Waals surface area contributed by atoms with Crippen molar-refractivity contribution in [3.8, 4) is 0 Å². The number of rotatable bonds is 6. The minimum absolute atomic E-state index is 0.0504. The van der Waals surface area contributed by atoms with Crippen molar-refractivity contribution >= 4 is 5.97 Å². The molecule has 0 amide bonds. The molecule has 3 nitrogen and oxygen atoms in total. The van der Waals surface area contributed by atoms with Crippen LogP contribution in [-0.4, -0.2) is 18.2 Å². The van der Waals surface area contributed by atoms with Crippen molar-refractivity contribution in [1.29, 1.82) is 0 Å². The molecule has 20 heavy (non-hydrogen) atoms. The Morgan fingerprint density at radius 3 is 2.60 bits per heavy atom. The largest absolute Gasteiger partial charge is 0.460 e. The lowest BCUT2D eigenvalue weighted by Crippen LogP contribution is -2.25. The lowest BCUT2D eigenvalue weighted by Gasteiger charge is -2.19. The third kappa shape index (κ3) is 4.97. The van der Waals surface area contributed by atoms with Gasteiger partial charge in [-0.05, 0) is 45.1 Å². The van der Waals surface area contributed by atoms with E-state index in [0.717, 1.165) is 12.8 Å². The average molecular weight is 276 g/mol. The summed E-state index contributed by atoms with van der Waals surface area (Å²) in [6, 6.07) is 10.1. The van der Waals surface area contributed by atoms with Crippen molar-refractivity contribution in [3.05, 3.63) is 35.9 Å². The summed E-state index contributed by atoms with van der Waals surface area (Å²) < 4.78 is 11.0. The van der Waals surface area contributed by atoms with Crippen LogP contribution in [0.1, 0.15) is 39.2 Å². The van der Waals surface area contributed by atoms with Crippen LogP contribution in [0.15, 0.2) is 30.3 Å². The molecule has 0 saturated heterocycles. The summed E-state index contributed by atoms with van der Waals surface area (Å²) in [6.45, 7) is 7.07. The highest BCUT2D eigenvalue weighted by atomic mass is 16.6. The number of benzene rings is 1. The van der Waals surface area contributed by atoms with Gasteiger partial charge in [0.25, 0.3) is 0 Å². The Balaban J connectivity index is 1.59. The van der Waals surface area contributed by atoms with Crippen LogP contribution in [0.2, 0.25) is 0 Å².